The molecule has 0 unspecified atom stereocenters. The van der Waals surface area contributed by atoms with Crippen molar-refractivity contribution in [3.8, 4) is 0 Å². The monoisotopic (exact) mass is 342 g/mol. The molecular formula is C18H15ClN2OS. The van der Waals surface area contributed by atoms with Gasteiger partial charge in [0.15, 0.2) is 5.82 Å². The van der Waals surface area contributed by atoms with Crippen molar-refractivity contribution in [3.05, 3.63) is 69.8 Å². The zero-order chi connectivity index (χ0) is 16.4. The first-order valence-electron chi connectivity index (χ1n) is 7.10. The molecule has 5 heteroatoms. The molecule has 3 nitrogen and oxygen atoms in total. The van der Waals surface area contributed by atoms with Gasteiger partial charge in [0.05, 0.1) is 15.9 Å². The first-order chi connectivity index (χ1) is 11.1. The van der Waals surface area contributed by atoms with Gasteiger partial charge in [-0.1, -0.05) is 35.9 Å². The molecule has 0 atom stereocenters. The maximum absolute atomic E-state index is 12.2. The minimum absolute atomic E-state index is 0.182. The SMILES string of the molecule is CSc1ccc(/C=C(\Cl)c2nc3c(C)cccc3c(=O)[nH]2)cc1. The molecule has 0 spiro atoms. The Morgan fingerprint density at radius 1 is 1.22 bits per heavy atom. The van der Waals surface area contributed by atoms with E-state index in [1.807, 2.05) is 49.6 Å². The van der Waals surface area contributed by atoms with Gasteiger partial charge in [-0.3, -0.25) is 4.79 Å². The summed E-state index contributed by atoms with van der Waals surface area (Å²) in [6.45, 7) is 1.93. The van der Waals surface area contributed by atoms with Crippen LogP contribution in [0.2, 0.25) is 0 Å². The molecule has 1 N–H and O–H groups in total. The minimum atomic E-state index is -0.182. The maximum Gasteiger partial charge on any atom is 0.259 e. The Kier molecular flexibility index (Phi) is 4.55. The molecule has 1 heterocycles. The summed E-state index contributed by atoms with van der Waals surface area (Å²) in [5.41, 5.74) is 2.40. The van der Waals surface area contributed by atoms with Crippen molar-refractivity contribution in [3.63, 3.8) is 0 Å². The lowest BCUT2D eigenvalue weighted by Gasteiger charge is -2.04. The molecule has 116 valence electrons. The molecular weight excluding hydrogens is 328 g/mol. The van der Waals surface area contributed by atoms with Crippen molar-refractivity contribution in [2.75, 3.05) is 6.26 Å². The number of para-hydroxylation sites is 1. The molecule has 0 aliphatic carbocycles. The van der Waals surface area contributed by atoms with Gasteiger partial charge in [0, 0.05) is 4.90 Å². The fourth-order valence-electron chi connectivity index (χ4n) is 2.33. The Morgan fingerprint density at radius 3 is 2.65 bits per heavy atom. The third-order valence-electron chi connectivity index (χ3n) is 3.57. The van der Waals surface area contributed by atoms with E-state index in [-0.39, 0.29) is 5.56 Å². The van der Waals surface area contributed by atoms with Crippen LogP contribution in [-0.4, -0.2) is 16.2 Å². The highest BCUT2D eigenvalue weighted by molar-refractivity contribution is 7.98. The van der Waals surface area contributed by atoms with Gasteiger partial charge in [-0.15, -0.1) is 11.8 Å². The van der Waals surface area contributed by atoms with E-state index in [1.165, 1.54) is 4.90 Å². The second-order valence-electron chi connectivity index (χ2n) is 5.15. The number of aromatic amines is 1. The van der Waals surface area contributed by atoms with Gasteiger partial charge in [0.1, 0.15) is 0 Å². The molecule has 0 bridgehead atoms. The molecule has 3 rings (SSSR count). The van der Waals surface area contributed by atoms with Gasteiger partial charge in [0.2, 0.25) is 0 Å². The first-order valence-corrected chi connectivity index (χ1v) is 8.70. The van der Waals surface area contributed by atoms with Crippen molar-refractivity contribution in [1.29, 1.82) is 0 Å². The predicted octanol–water partition coefficient (Wildman–Crippen LogP) is 4.69. The van der Waals surface area contributed by atoms with Gasteiger partial charge in [-0.25, -0.2) is 4.98 Å². The second kappa shape index (κ2) is 6.60. The molecule has 2 aromatic carbocycles. The standard InChI is InChI=1S/C18H15ClN2OS/c1-11-4-3-5-14-16(11)20-17(21-18(14)22)15(19)10-12-6-8-13(23-2)9-7-12/h3-10H,1-2H3,(H,20,21,22)/b15-10-. The summed E-state index contributed by atoms with van der Waals surface area (Å²) in [4.78, 5) is 20.6. The fraction of sp³-hybridized carbons (Fsp3) is 0.111. The van der Waals surface area contributed by atoms with Crippen LogP contribution in [0.5, 0.6) is 0 Å². The predicted molar refractivity (Wildman–Crippen MR) is 99.0 cm³/mol. The van der Waals surface area contributed by atoms with E-state index in [0.717, 1.165) is 11.1 Å². The average molecular weight is 343 g/mol. The van der Waals surface area contributed by atoms with Crippen LogP contribution in [0.1, 0.15) is 17.0 Å². The summed E-state index contributed by atoms with van der Waals surface area (Å²) in [7, 11) is 0. The normalized spacial score (nSPS) is 11.9. The summed E-state index contributed by atoms with van der Waals surface area (Å²) in [5.74, 6) is 0.382. The topological polar surface area (TPSA) is 45.8 Å². The number of aromatic nitrogens is 2. The van der Waals surface area contributed by atoms with Crippen molar-refractivity contribution in [1.82, 2.24) is 9.97 Å². The number of aryl methyl sites for hydroxylation is 1. The fourth-order valence-corrected chi connectivity index (χ4v) is 2.96. The molecule has 0 aliphatic heterocycles. The zero-order valence-corrected chi connectivity index (χ0v) is 14.3. The highest BCUT2D eigenvalue weighted by atomic mass is 35.5. The smallest absolute Gasteiger partial charge is 0.259 e. The number of H-pyrrole nitrogens is 1. The number of fused-ring (bicyclic) bond motifs is 1. The van der Waals surface area contributed by atoms with Crippen LogP contribution in [0.15, 0.2) is 52.2 Å². The van der Waals surface area contributed by atoms with Gasteiger partial charge < -0.3 is 4.98 Å². The first kappa shape index (κ1) is 15.8. The molecule has 0 saturated heterocycles. The van der Waals surface area contributed by atoms with Crippen LogP contribution in [0.25, 0.3) is 22.0 Å². The lowest BCUT2D eigenvalue weighted by atomic mass is 10.1. The summed E-state index contributed by atoms with van der Waals surface area (Å²) in [6, 6.07) is 13.6. The molecule has 0 amide bonds. The van der Waals surface area contributed by atoms with Crippen LogP contribution in [0, 0.1) is 6.92 Å². The number of hydrogen-bond donors (Lipinski definition) is 1. The van der Waals surface area contributed by atoms with E-state index < -0.39 is 0 Å². The van der Waals surface area contributed by atoms with E-state index in [0.29, 0.717) is 21.8 Å². The van der Waals surface area contributed by atoms with Gasteiger partial charge in [-0.05, 0) is 48.6 Å². The van der Waals surface area contributed by atoms with E-state index in [1.54, 1.807) is 23.9 Å². The van der Waals surface area contributed by atoms with Gasteiger partial charge >= 0.3 is 0 Å². The number of hydrogen-bond acceptors (Lipinski definition) is 3. The number of rotatable bonds is 3. The Morgan fingerprint density at radius 2 is 1.96 bits per heavy atom. The molecule has 23 heavy (non-hydrogen) atoms. The minimum Gasteiger partial charge on any atom is -0.305 e. The Hall–Kier alpha value is -2.04. The van der Waals surface area contributed by atoms with Crippen LogP contribution >= 0.6 is 23.4 Å². The van der Waals surface area contributed by atoms with Crippen molar-refractivity contribution in [2.24, 2.45) is 0 Å². The summed E-state index contributed by atoms with van der Waals surface area (Å²) < 4.78 is 0. The maximum atomic E-state index is 12.2. The highest BCUT2D eigenvalue weighted by Crippen LogP contribution is 2.22. The lowest BCUT2D eigenvalue weighted by molar-refractivity contribution is 1.13. The molecule has 0 aliphatic rings. The van der Waals surface area contributed by atoms with E-state index >= 15 is 0 Å². The van der Waals surface area contributed by atoms with Crippen molar-refractivity contribution >= 4 is 45.4 Å². The Bertz CT molecular complexity index is 945. The average Bonchev–Trinajstić information content (AvgIpc) is 2.56. The number of thioether (sulfide) groups is 1. The molecule has 0 fully saturated rings. The van der Waals surface area contributed by atoms with E-state index in [4.69, 9.17) is 11.6 Å². The number of nitrogens with zero attached hydrogens (tertiary/aromatic N) is 1. The van der Waals surface area contributed by atoms with E-state index in [2.05, 4.69) is 9.97 Å². The van der Waals surface area contributed by atoms with E-state index in [9.17, 15) is 4.79 Å². The third-order valence-corrected chi connectivity index (χ3v) is 4.61. The highest BCUT2D eigenvalue weighted by Gasteiger charge is 2.08. The lowest BCUT2D eigenvalue weighted by Crippen LogP contribution is -2.11. The number of benzene rings is 2. The van der Waals surface area contributed by atoms with Crippen LogP contribution in [0.3, 0.4) is 0 Å². The number of nitrogens with one attached hydrogen (secondary N) is 1. The molecule has 1 aromatic heterocycles. The van der Waals surface area contributed by atoms with Gasteiger partial charge in [0.25, 0.3) is 5.56 Å². The van der Waals surface area contributed by atoms with Crippen LogP contribution < -0.4 is 5.56 Å². The summed E-state index contributed by atoms with van der Waals surface area (Å²) in [5, 5.41) is 0.978. The molecule has 3 aromatic rings. The Balaban J connectivity index is 2.06. The molecule has 0 saturated carbocycles. The molecule has 0 radical (unpaired) electrons. The largest absolute Gasteiger partial charge is 0.305 e. The van der Waals surface area contributed by atoms with Crippen LogP contribution in [-0.2, 0) is 0 Å². The summed E-state index contributed by atoms with van der Waals surface area (Å²) in [6.07, 6.45) is 3.83. The summed E-state index contributed by atoms with van der Waals surface area (Å²) >= 11 is 8.05. The Labute approximate surface area is 143 Å². The quantitative estimate of drug-likeness (QED) is 0.702. The van der Waals surface area contributed by atoms with Crippen molar-refractivity contribution < 1.29 is 0 Å². The second-order valence-corrected chi connectivity index (χ2v) is 6.44. The zero-order valence-electron chi connectivity index (χ0n) is 12.8. The number of halogens is 1. The third kappa shape index (κ3) is 3.33. The van der Waals surface area contributed by atoms with Gasteiger partial charge in [-0.2, -0.15) is 0 Å². The van der Waals surface area contributed by atoms with Crippen molar-refractivity contribution in [2.45, 2.75) is 11.8 Å². The van der Waals surface area contributed by atoms with Crippen LogP contribution in [0.4, 0.5) is 0 Å².